The highest BCUT2D eigenvalue weighted by Gasteiger charge is 2.23. The third kappa shape index (κ3) is 3.21. The minimum atomic E-state index is -0.620. The normalized spacial score (nSPS) is 14.2. The Hall–Kier alpha value is -1.53. The van der Waals surface area contributed by atoms with Crippen LogP contribution in [-0.4, -0.2) is 25.3 Å². The van der Waals surface area contributed by atoms with Crippen molar-refractivity contribution in [1.29, 1.82) is 5.26 Å². The van der Waals surface area contributed by atoms with E-state index in [4.69, 9.17) is 5.26 Å². The molecule has 3 heteroatoms. The molecule has 17 heavy (non-hydrogen) atoms. The maximum Gasteiger partial charge on any atom is 0.0974 e. The Morgan fingerprint density at radius 2 is 1.71 bits per heavy atom. The van der Waals surface area contributed by atoms with Gasteiger partial charge in [-0.15, -0.1) is 0 Å². The van der Waals surface area contributed by atoms with Gasteiger partial charge in [-0.1, -0.05) is 26.0 Å². The molecule has 0 aliphatic heterocycles. The van der Waals surface area contributed by atoms with Crippen molar-refractivity contribution in [3.05, 3.63) is 29.8 Å². The molecule has 0 bridgehead atoms. The van der Waals surface area contributed by atoms with Gasteiger partial charge in [0.2, 0.25) is 0 Å². The van der Waals surface area contributed by atoms with E-state index in [9.17, 15) is 5.11 Å². The van der Waals surface area contributed by atoms with Crippen LogP contribution in [0.3, 0.4) is 0 Å². The molecule has 0 spiro atoms. The lowest BCUT2D eigenvalue weighted by Gasteiger charge is -2.21. The number of hydrogen-bond donors (Lipinski definition) is 1. The Morgan fingerprint density at radius 3 is 2.06 bits per heavy atom. The number of rotatable bonds is 4. The van der Waals surface area contributed by atoms with Gasteiger partial charge in [-0.25, -0.2) is 0 Å². The van der Waals surface area contributed by atoms with Gasteiger partial charge >= 0.3 is 0 Å². The zero-order valence-corrected chi connectivity index (χ0v) is 10.9. The van der Waals surface area contributed by atoms with Crippen LogP contribution in [0.15, 0.2) is 24.3 Å². The Kier molecular flexibility index (Phi) is 4.53. The first-order valence-corrected chi connectivity index (χ1v) is 5.82. The minimum Gasteiger partial charge on any atom is -0.391 e. The van der Waals surface area contributed by atoms with Crippen LogP contribution < -0.4 is 4.90 Å². The lowest BCUT2D eigenvalue weighted by molar-refractivity contribution is 0.113. The van der Waals surface area contributed by atoms with Crippen LogP contribution in [0.1, 0.15) is 25.3 Å². The van der Waals surface area contributed by atoms with Gasteiger partial charge in [-0.2, -0.15) is 5.26 Å². The molecule has 0 saturated carbocycles. The van der Waals surface area contributed by atoms with Crippen LogP contribution >= 0.6 is 0 Å². The zero-order chi connectivity index (χ0) is 13.0. The SMILES string of the molecule is CC(C)C(O)C(C#N)c1ccc(N(C)C)cc1. The zero-order valence-electron chi connectivity index (χ0n) is 10.9. The fourth-order valence-electron chi connectivity index (χ4n) is 1.71. The monoisotopic (exact) mass is 232 g/mol. The van der Waals surface area contributed by atoms with E-state index < -0.39 is 12.0 Å². The van der Waals surface area contributed by atoms with Crippen LogP contribution in [0.25, 0.3) is 0 Å². The molecule has 0 amide bonds. The van der Waals surface area contributed by atoms with Crippen LogP contribution in [0.4, 0.5) is 5.69 Å². The van der Waals surface area contributed by atoms with Gasteiger partial charge in [0, 0.05) is 19.8 Å². The summed E-state index contributed by atoms with van der Waals surface area (Å²) in [5, 5.41) is 19.1. The summed E-state index contributed by atoms with van der Waals surface area (Å²) < 4.78 is 0. The van der Waals surface area contributed by atoms with Crippen molar-refractivity contribution in [3.8, 4) is 6.07 Å². The Balaban J connectivity index is 2.95. The lowest BCUT2D eigenvalue weighted by Crippen LogP contribution is -2.23. The largest absolute Gasteiger partial charge is 0.391 e. The number of anilines is 1. The van der Waals surface area contributed by atoms with Gasteiger partial charge in [-0.05, 0) is 23.6 Å². The molecule has 0 heterocycles. The molecule has 1 N–H and O–H groups in total. The molecule has 2 unspecified atom stereocenters. The molecule has 0 aliphatic carbocycles. The molecule has 0 aromatic heterocycles. The summed E-state index contributed by atoms with van der Waals surface area (Å²) in [5.41, 5.74) is 1.96. The van der Waals surface area contributed by atoms with Crippen molar-refractivity contribution in [1.82, 2.24) is 0 Å². The second-order valence-electron chi connectivity index (χ2n) is 4.83. The molecule has 0 aliphatic rings. The third-order valence-electron chi connectivity index (χ3n) is 2.93. The van der Waals surface area contributed by atoms with Crippen molar-refractivity contribution in [2.45, 2.75) is 25.9 Å². The van der Waals surface area contributed by atoms with Gasteiger partial charge in [0.15, 0.2) is 0 Å². The maximum atomic E-state index is 9.99. The number of nitriles is 1. The summed E-state index contributed by atoms with van der Waals surface area (Å²) in [5.74, 6) is -0.376. The van der Waals surface area contributed by atoms with Crippen LogP contribution in [0, 0.1) is 17.2 Å². The first-order chi connectivity index (χ1) is 7.97. The molecule has 2 atom stereocenters. The number of nitrogens with zero attached hydrogens (tertiary/aromatic N) is 2. The summed E-state index contributed by atoms with van der Waals surface area (Å²) in [6, 6.07) is 9.94. The van der Waals surface area contributed by atoms with Crippen molar-refractivity contribution in [2.24, 2.45) is 5.92 Å². The summed E-state index contributed by atoms with van der Waals surface area (Å²) in [4.78, 5) is 2.00. The Morgan fingerprint density at radius 1 is 1.18 bits per heavy atom. The van der Waals surface area contributed by atoms with Crippen molar-refractivity contribution >= 4 is 5.69 Å². The average Bonchev–Trinajstić information content (AvgIpc) is 2.30. The first kappa shape index (κ1) is 13.5. The first-order valence-electron chi connectivity index (χ1n) is 5.82. The Bertz CT molecular complexity index is 390. The van der Waals surface area contributed by atoms with Crippen LogP contribution in [-0.2, 0) is 0 Å². The van der Waals surface area contributed by atoms with E-state index in [2.05, 4.69) is 6.07 Å². The van der Waals surface area contributed by atoms with Crippen LogP contribution in [0.2, 0.25) is 0 Å². The molecule has 3 nitrogen and oxygen atoms in total. The second kappa shape index (κ2) is 5.70. The van der Waals surface area contributed by atoms with Crippen LogP contribution in [0.5, 0.6) is 0 Å². The summed E-state index contributed by atoms with van der Waals surface area (Å²) in [7, 11) is 3.94. The van der Waals surface area contributed by atoms with Gasteiger partial charge < -0.3 is 10.0 Å². The van der Waals surface area contributed by atoms with Crippen molar-refractivity contribution in [2.75, 3.05) is 19.0 Å². The lowest BCUT2D eigenvalue weighted by atomic mass is 9.88. The maximum absolute atomic E-state index is 9.99. The third-order valence-corrected chi connectivity index (χ3v) is 2.93. The summed E-state index contributed by atoms with van der Waals surface area (Å²) in [6.45, 7) is 3.84. The molecule has 1 aromatic carbocycles. The summed E-state index contributed by atoms with van der Waals surface area (Å²) >= 11 is 0. The smallest absolute Gasteiger partial charge is 0.0974 e. The fraction of sp³-hybridized carbons (Fsp3) is 0.500. The highest BCUT2D eigenvalue weighted by atomic mass is 16.3. The predicted molar refractivity (Wildman–Crippen MR) is 70.0 cm³/mol. The number of benzene rings is 1. The number of hydrogen-bond acceptors (Lipinski definition) is 3. The van der Waals surface area contributed by atoms with Gasteiger partial charge in [0.1, 0.15) is 0 Å². The molecule has 0 saturated heterocycles. The highest BCUT2D eigenvalue weighted by Crippen LogP contribution is 2.25. The molecule has 0 fully saturated rings. The molecule has 92 valence electrons. The average molecular weight is 232 g/mol. The van der Waals surface area contributed by atoms with E-state index in [1.807, 2.05) is 57.1 Å². The molecule has 1 aromatic rings. The van der Waals surface area contributed by atoms with Crippen molar-refractivity contribution < 1.29 is 5.11 Å². The van der Waals surface area contributed by atoms with Crippen molar-refractivity contribution in [3.63, 3.8) is 0 Å². The van der Waals surface area contributed by atoms with Gasteiger partial charge in [0.25, 0.3) is 0 Å². The van der Waals surface area contributed by atoms with Gasteiger partial charge in [-0.3, -0.25) is 0 Å². The topological polar surface area (TPSA) is 47.3 Å². The number of aliphatic hydroxyl groups is 1. The summed E-state index contributed by atoms with van der Waals surface area (Å²) in [6.07, 6.45) is -0.620. The molecule has 1 rings (SSSR count). The Labute approximate surface area is 103 Å². The minimum absolute atomic E-state index is 0.0770. The predicted octanol–water partition coefficient (Wildman–Crippen LogP) is 2.38. The van der Waals surface area contributed by atoms with E-state index >= 15 is 0 Å². The molecule has 0 radical (unpaired) electrons. The van der Waals surface area contributed by atoms with E-state index in [0.717, 1.165) is 11.3 Å². The second-order valence-corrected chi connectivity index (χ2v) is 4.83. The highest BCUT2D eigenvalue weighted by molar-refractivity contribution is 5.47. The van der Waals surface area contributed by atoms with E-state index in [1.54, 1.807) is 0 Å². The number of aliphatic hydroxyl groups excluding tert-OH is 1. The standard InChI is InChI=1S/C14H20N2O/c1-10(2)14(17)13(9-15)11-5-7-12(8-6-11)16(3)4/h5-8,10,13-14,17H,1-4H3. The fourth-order valence-corrected chi connectivity index (χ4v) is 1.71. The molecular weight excluding hydrogens is 212 g/mol. The van der Waals surface area contributed by atoms with E-state index in [1.165, 1.54) is 0 Å². The van der Waals surface area contributed by atoms with Gasteiger partial charge in [0.05, 0.1) is 18.1 Å². The quantitative estimate of drug-likeness (QED) is 0.867. The van der Waals surface area contributed by atoms with E-state index in [-0.39, 0.29) is 5.92 Å². The molecular formula is C14H20N2O. The van der Waals surface area contributed by atoms with E-state index in [0.29, 0.717) is 0 Å².